The second-order valence-corrected chi connectivity index (χ2v) is 22.9. The Labute approximate surface area is 520 Å². The van der Waals surface area contributed by atoms with Gasteiger partial charge in [-0.15, -0.1) is 0 Å². The number of para-hydroxylation sites is 1. The van der Waals surface area contributed by atoms with E-state index in [2.05, 4.69) is 16.0 Å². The number of methoxy groups -OCH3 is 3. The van der Waals surface area contributed by atoms with E-state index in [4.69, 9.17) is 14.2 Å². The van der Waals surface area contributed by atoms with Crippen LogP contribution in [0.4, 0.5) is 31.4 Å². The van der Waals surface area contributed by atoms with Gasteiger partial charge in [0.25, 0.3) is 0 Å². The highest BCUT2D eigenvalue weighted by atomic mass is 16.5. The number of piperidine rings is 3. The number of carbonyl (C=O) groups is 6. The molecule has 0 bridgehead atoms. The van der Waals surface area contributed by atoms with Gasteiger partial charge in [-0.25, -0.2) is 14.4 Å². The number of amides is 9. The lowest BCUT2D eigenvalue weighted by Gasteiger charge is -2.38. The molecule has 6 aromatic rings. The first kappa shape index (κ1) is 66.5. The van der Waals surface area contributed by atoms with Crippen molar-refractivity contribution >= 4 is 52.9 Å². The Bertz CT molecular complexity index is 3240. The Morgan fingerprint density at radius 1 is 0.398 bits per heavy atom. The molecule has 0 atom stereocenters. The number of aryl methyl sites for hydroxylation is 4. The zero-order valence-electron chi connectivity index (χ0n) is 53.0. The van der Waals surface area contributed by atoms with Crippen molar-refractivity contribution in [1.82, 2.24) is 29.4 Å². The minimum atomic E-state index is -0.119. The van der Waals surface area contributed by atoms with Gasteiger partial charge >= 0.3 is 18.1 Å². The third kappa shape index (κ3) is 19.5. The van der Waals surface area contributed by atoms with Crippen molar-refractivity contribution in [3.05, 3.63) is 178 Å². The Morgan fingerprint density at radius 2 is 0.716 bits per heavy atom. The topological polar surface area (TPSA) is 186 Å². The van der Waals surface area contributed by atoms with Gasteiger partial charge < -0.3 is 59.6 Å². The summed E-state index contributed by atoms with van der Waals surface area (Å²) in [7, 11) is 4.92. The van der Waals surface area contributed by atoms with Crippen LogP contribution in [0.1, 0.15) is 98.2 Å². The zero-order chi connectivity index (χ0) is 63.3. The first-order chi connectivity index (χ1) is 42.3. The lowest BCUT2D eigenvalue weighted by molar-refractivity contribution is -0.131. The van der Waals surface area contributed by atoms with Crippen LogP contribution < -0.4 is 30.2 Å². The summed E-state index contributed by atoms with van der Waals surface area (Å²) >= 11 is 0. The maximum absolute atomic E-state index is 13.3. The fourth-order valence-electron chi connectivity index (χ4n) is 11.2. The van der Waals surface area contributed by atoms with Crippen LogP contribution in [-0.4, -0.2) is 144 Å². The molecule has 3 fully saturated rings. The largest absolute Gasteiger partial charge is 0.497 e. The minimum absolute atomic E-state index is 0.0767. The van der Waals surface area contributed by atoms with E-state index in [9.17, 15) is 28.8 Å². The average Bonchev–Trinajstić information content (AvgIpc) is 3.71. The molecule has 6 aromatic carbocycles. The molecule has 9 rings (SSSR count). The molecule has 18 heteroatoms. The lowest BCUT2D eigenvalue weighted by Crippen LogP contribution is -2.49. The van der Waals surface area contributed by atoms with Crippen molar-refractivity contribution in [2.24, 2.45) is 0 Å². The molecule has 3 heterocycles. The number of anilines is 3. The highest BCUT2D eigenvalue weighted by Crippen LogP contribution is 2.27. The van der Waals surface area contributed by atoms with Gasteiger partial charge in [-0.1, -0.05) is 84.4 Å². The fourth-order valence-corrected chi connectivity index (χ4v) is 11.2. The number of nitrogens with zero attached hydrogens (tertiary/aromatic N) is 6. The van der Waals surface area contributed by atoms with Crippen LogP contribution in [0, 0.1) is 27.7 Å². The quantitative estimate of drug-likeness (QED) is 0.0900. The average molecular weight is 1200 g/mol. The Balaban J connectivity index is 0.000000188. The molecular formula is C70H89N9O9. The van der Waals surface area contributed by atoms with Crippen LogP contribution in [0.5, 0.6) is 17.2 Å². The second kappa shape index (κ2) is 32.6. The van der Waals surface area contributed by atoms with Gasteiger partial charge in [0.2, 0.25) is 17.7 Å². The Hall–Kier alpha value is -9.06. The van der Waals surface area contributed by atoms with Crippen LogP contribution in [0.15, 0.2) is 140 Å². The van der Waals surface area contributed by atoms with Gasteiger partial charge in [-0.2, -0.15) is 0 Å². The standard InChI is InChI=1S/C24H31N3O3.2C23H29N3O3/c1-17-5-6-18(2)23(15-17)25-24(29)27(16-20-7-9-22(30-4)10-8-20)21-11-13-26(14-12-21)19(3)28;1-17-4-8-20(9-5-17)24-23(28)26(16-19-6-10-22(29-3)11-7-19)21-12-14-25(15-13-21)18(2)27;1-17-6-4-5-7-22(17)24-23(28)26(16-19-8-10-21(29-3)11-9-19)20-12-14-25(15-13-20)18(2)27/h5-10,15,21H,11-14,16H2,1-4H3,(H,25,29);4-11,21H,12-16H2,1-3H3,(H,24,28);4-11,20H,12-16H2,1-3H3,(H,24,28). The highest BCUT2D eigenvalue weighted by Gasteiger charge is 2.32. The second-order valence-electron chi connectivity index (χ2n) is 22.9. The number of carbonyl (C=O) groups excluding carboxylic acids is 6. The summed E-state index contributed by atoms with van der Waals surface area (Å²) in [5.74, 6) is 2.65. The van der Waals surface area contributed by atoms with Crippen LogP contribution in [0.3, 0.4) is 0 Å². The molecule has 0 radical (unpaired) electrons. The maximum atomic E-state index is 13.3. The molecule has 468 valence electrons. The van der Waals surface area contributed by atoms with E-state index in [0.717, 1.165) is 112 Å². The summed E-state index contributed by atoms with van der Waals surface area (Å²) in [6, 6.07) is 44.9. The monoisotopic (exact) mass is 1200 g/mol. The van der Waals surface area contributed by atoms with Crippen LogP contribution >= 0.6 is 0 Å². The molecule has 3 saturated heterocycles. The molecule has 0 aromatic heterocycles. The van der Waals surface area contributed by atoms with E-state index in [0.29, 0.717) is 58.9 Å². The minimum Gasteiger partial charge on any atom is -0.497 e. The number of ether oxygens (including phenoxy) is 3. The third-order valence-corrected chi connectivity index (χ3v) is 16.7. The van der Waals surface area contributed by atoms with Gasteiger partial charge in [-0.05, 0) is 160 Å². The molecule has 0 saturated carbocycles. The molecule has 9 amide bonds. The van der Waals surface area contributed by atoms with Crippen molar-refractivity contribution in [3.63, 3.8) is 0 Å². The molecule has 0 unspecified atom stereocenters. The smallest absolute Gasteiger partial charge is 0.322 e. The number of benzene rings is 6. The Morgan fingerprint density at radius 3 is 1.06 bits per heavy atom. The van der Waals surface area contributed by atoms with Crippen LogP contribution in [0.2, 0.25) is 0 Å². The molecule has 3 aliphatic heterocycles. The van der Waals surface area contributed by atoms with Gasteiger partial charge in [0.15, 0.2) is 0 Å². The van der Waals surface area contributed by atoms with Gasteiger partial charge in [0, 0.05) is 115 Å². The van der Waals surface area contributed by atoms with Crippen molar-refractivity contribution in [1.29, 1.82) is 0 Å². The van der Waals surface area contributed by atoms with Gasteiger partial charge in [0.05, 0.1) is 21.3 Å². The summed E-state index contributed by atoms with van der Waals surface area (Å²) in [6.07, 6.45) is 4.65. The van der Waals surface area contributed by atoms with Crippen molar-refractivity contribution in [3.8, 4) is 17.2 Å². The van der Waals surface area contributed by atoms with Crippen molar-refractivity contribution in [2.45, 2.75) is 125 Å². The predicted octanol–water partition coefficient (Wildman–Crippen LogP) is 12.5. The number of hydrogen-bond acceptors (Lipinski definition) is 9. The first-order valence-corrected chi connectivity index (χ1v) is 30.4. The first-order valence-electron chi connectivity index (χ1n) is 30.4. The van der Waals surface area contributed by atoms with E-state index in [1.165, 1.54) is 0 Å². The van der Waals surface area contributed by atoms with E-state index in [1.54, 1.807) is 42.1 Å². The summed E-state index contributed by atoms with van der Waals surface area (Å²) in [6.45, 7) is 18.4. The molecule has 18 nitrogen and oxygen atoms in total. The lowest BCUT2D eigenvalue weighted by atomic mass is 10.0. The number of nitrogens with one attached hydrogen (secondary N) is 3. The molecule has 3 N–H and O–H groups in total. The van der Waals surface area contributed by atoms with Crippen LogP contribution in [0.25, 0.3) is 0 Å². The maximum Gasteiger partial charge on any atom is 0.322 e. The predicted molar refractivity (Wildman–Crippen MR) is 347 cm³/mol. The van der Waals surface area contributed by atoms with E-state index in [-0.39, 0.29) is 53.9 Å². The molecular weight excluding hydrogens is 1110 g/mol. The van der Waals surface area contributed by atoms with Crippen LogP contribution in [-0.2, 0) is 34.0 Å². The number of rotatable bonds is 15. The summed E-state index contributed by atoms with van der Waals surface area (Å²) in [4.78, 5) is 85.9. The fraction of sp³-hybridized carbons (Fsp3) is 0.400. The number of hydrogen-bond donors (Lipinski definition) is 3. The van der Waals surface area contributed by atoms with E-state index in [1.807, 2.05) is 197 Å². The number of urea groups is 3. The molecule has 3 aliphatic rings. The zero-order valence-corrected chi connectivity index (χ0v) is 53.0. The molecule has 0 aliphatic carbocycles. The summed E-state index contributed by atoms with van der Waals surface area (Å²) < 4.78 is 15.7. The number of likely N-dealkylation sites (tertiary alicyclic amines) is 3. The molecule has 0 spiro atoms. The summed E-state index contributed by atoms with van der Waals surface area (Å²) in [5.41, 5.74) is 9.86. The van der Waals surface area contributed by atoms with Gasteiger partial charge in [-0.3, -0.25) is 14.4 Å². The van der Waals surface area contributed by atoms with E-state index >= 15 is 0 Å². The van der Waals surface area contributed by atoms with Crippen molar-refractivity contribution in [2.75, 3.05) is 76.5 Å². The van der Waals surface area contributed by atoms with Gasteiger partial charge in [0.1, 0.15) is 17.2 Å². The van der Waals surface area contributed by atoms with Crippen molar-refractivity contribution < 1.29 is 43.0 Å². The SMILES string of the molecule is COc1ccc(CN(C(=O)Nc2cc(C)ccc2C)C2CCN(C(C)=O)CC2)cc1.COc1ccc(CN(C(=O)Nc2ccc(C)cc2)C2CCN(C(C)=O)CC2)cc1.COc1ccc(CN(C(=O)Nc2ccccc2C)C2CCN(C(C)=O)CC2)cc1. The molecule has 88 heavy (non-hydrogen) atoms. The Kier molecular flexibility index (Phi) is 24.6. The highest BCUT2D eigenvalue weighted by molar-refractivity contribution is 5.92. The normalized spacial score (nSPS) is 14.4. The van der Waals surface area contributed by atoms with E-state index < -0.39 is 0 Å². The third-order valence-electron chi connectivity index (χ3n) is 16.7. The summed E-state index contributed by atoms with van der Waals surface area (Å²) in [5, 5.41) is 9.20.